The lowest BCUT2D eigenvalue weighted by Crippen LogP contribution is -2.07. The Morgan fingerprint density at radius 2 is 1.86 bits per heavy atom. The van der Waals surface area contributed by atoms with Gasteiger partial charge in [-0.25, -0.2) is 13.2 Å². The minimum Gasteiger partial charge on any atom is -0.478 e. The molecular weight excluding hydrogens is 380 g/mol. The van der Waals surface area contributed by atoms with Crippen LogP contribution in [0.5, 0.6) is 0 Å². The molecule has 2 rings (SSSR count). The van der Waals surface area contributed by atoms with Gasteiger partial charge in [0, 0.05) is 4.47 Å². The van der Waals surface area contributed by atoms with E-state index in [1.807, 2.05) is 0 Å². The van der Waals surface area contributed by atoms with E-state index in [4.69, 9.17) is 16.7 Å². The molecule has 21 heavy (non-hydrogen) atoms. The van der Waals surface area contributed by atoms with Crippen LogP contribution in [0.3, 0.4) is 0 Å². The molecule has 0 bridgehead atoms. The normalized spacial score (nSPS) is 11.3. The number of sulfone groups is 1. The molecule has 4 nitrogen and oxygen atoms in total. The highest BCUT2D eigenvalue weighted by molar-refractivity contribution is 9.10. The van der Waals surface area contributed by atoms with Crippen LogP contribution in [0, 0.1) is 0 Å². The lowest BCUT2D eigenvalue weighted by atomic mass is 10.1. The standard InChI is InChI=1S/C14H10BrClO4S/c15-11-7-9(14(17)18)5-6-10(11)8-21(19,20)13-4-2-1-3-12(13)16/h1-7H,8H2,(H,17,18). The third kappa shape index (κ3) is 3.64. The van der Waals surface area contributed by atoms with Crippen molar-refractivity contribution in [2.45, 2.75) is 10.6 Å². The van der Waals surface area contributed by atoms with Crippen LogP contribution in [0.2, 0.25) is 5.02 Å². The van der Waals surface area contributed by atoms with E-state index >= 15 is 0 Å². The van der Waals surface area contributed by atoms with Gasteiger partial charge in [0.25, 0.3) is 0 Å². The number of hydrogen-bond acceptors (Lipinski definition) is 3. The quantitative estimate of drug-likeness (QED) is 0.864. The van der Waals surface area contributed by atoms with Gasteiger partial charge in [0.1, 0.15) is 0 Å². The molecule has 0 aromatic heterocycles. The zero-order valence-electron chi connectivity index (χ0n) is 10.6. The third-order valence-corrected chi connectivity index (χ3v) is 5.71. The largest absolute Gasteiger partial charge is 0.478 e. The summed E-state index contributed by atoms with van der Waals surface area (Å²) in [5.41, 5.74) is 0.556. The number of carbonyl (C=O) groups is 1. The van der Waals surface area contributed by atoms with Crippen molar-refractivity contribution in [2.24, 2.45) is 0 Å². The molecule has 0 saturated heterocycles. The minimum atomic E-state index is -3.61. The maximum Gasteiger partial charge on any atom is 0.335 e. The van der Waals surface area contributed by atoms with Crippen molar-refractivity contribution in [3.05, 3.63) is 63.1 Å². The highest BCUT2D eigenvalue weighted by atomic mass is 79.9. The van der Waals surface area contributed by atoms with Gasteiger partial charge in [0.15, 0.2) is 9.84 Å². The van der Waals surface area contributed by atoms with Crippen molar-refractivity contribution in [2.75, 3.05) is 0 Å². The molecule has 0 aliphatic carbocycles. The second kappa shape index (κ2) is 6.17. The van der Waals surface area contributed by atoms with Crippen LogP contribution < -0.4 is 0 Å². The first kappa shape index (κ1) is 16.0. The Bertz CT molecular complexity index is 802. The van der Waals surface area contributed by atoms with Crippen molar-refractivity contribution in [3.8, 4) is 0 Å². The highest BCUT2D eigenvalue weighted by Gasteiger charge is 2.20. The second-order valence-electron chi connectivity index (χ2n) is 4.30. The molecule has 0 unspecified atom stereocenters. The van der Waals surface area contributed by atoms with Gasteiger partial charge in [-0.3, -0.25) is 0 Å². The lowest BCUT2D eigenvalue weighted by Gasteiger charge is -2.08. The zero-order chi connectivity index (χ0) is 15.6. The van der Waals surface area contributed by atoms with Gasteiger partial charge in [-0.05, 0) is 29.8 Å². The maximum absolute atomic E-state index is 12.4. The van der Waals surface area contributed by atoms with E-state index in [9.17, 15) is 13.2 Å². The topological polar surface area (TPSA) is 71.4 Å². The van der Waals surface area contributed by atoms with Gasteiger partial charge < -0.3 is 5.11 Å². The predicted octanol–water partition coefficient (Wildman–Crippen LogP) is 3.77. The van der Waals surface area contributed by atoms with Crippen molar-refractivity contribution < 1.29 is 18.3 Å². The van der Waals surface area contributed by atoms with Gasteiger partial charge in [-0.15, -0.1) is 0 Å². The summed E-state index contributed by atoms with van der Waals surface area (Å²) in [6, 6.07) is 10.4. The number of hydrogen-bond donors (Lipinski definition) is 1. The molecule has 110 valence electrons. The predicted molar refractivity (Wildman–Crippen MR) is 83.4 cm³/mol. The molecule has 2 aromatic carbocycles. The molecule has 0 aliphatic rings. The monoisotopic (exact) mass is 388 g/mol. The van der Waals surface area contributed by atoms with Gasteiger partial charge in [0.2, 0.25) is 0 Å². The van der Waals surface area contributed by atoms with Crippen molar-refractivity contribution in [1.29, 1.82) is 0 Å². The van der Waals surface area contributed by atoms with Crippen LogP contribution in [-0.2, 0) is 15.6 Å². The van der Waals surface area contributed by atoms with Gasteiger partial charge >= 0.3 is 5.97 Å². The fourth-order valence-corrected chi connectivity index (χ4v) is 4.44. The third-order valence-electron chi connectivity index (χ3n) is 2.82. The van der Waals surface area contributed by atoms with Crippen LogP contribution in [-0.4, -0.2) is 19.5 Å². The molecule has 0 spiro atoms. The summed E-state index contributed by atoms with van der Waals surface area (Å²) >= 11 is 9.11. The number of benzene rings is 2. The molecule has 1 N–H and O–H groups in total. The molecule has 0 fully saturated rings. The lowest BCUT2D eigenvalue weighted by molar-refractivity contribution is 0.0697. The first-order valence-corrected chi connectivity index (χ1v) is 8.62. The fraction of sp³-hybridized carbons (Fsp3) is 0.0714. The van der Waals surface area contributed by atoms with Crippen LogP contribution in [0.15, 0.2) is 51.8 Å². The summed E-state index contributed by atoms with van der Waals surface area (Å²) in [4.78, 5) is 10.9. The Kier molecular flexibility index (Phi) is 4.70. The first-order chi connectivity index (χ1) is 9.81. The van der Waals surface area contributed by atoms with E-state index in [-0.39, 0.29) is 21.2 Å². The molecule has 0 radical (unpaired) electrons. The molecule has 0 heterocycles. The van der Waals surface area contributed by atoms with E-state index < -0.39 is 15.8 Å². The van der Waals surface area contributed by atoms with Crippen LogP contribution in [0.1, 0.15) is 15.9 Å². The maximum atomic E-state index is 12.4. The van der Waals surface area contributed by atoms with Gasteiger partial charge in [-0.1, -0.05) is 45.7 Å². The number of carboxylic acids is 1. The molecular formula is C14H10BrClO4S. The summed E-state index contributed by atoms with van der Waals surface area (Å²) in [7, 11) is -3.61. The minimum absolute atomic E-state index is 0.0564. The summed E-state index contributed by atoms with van der Waals surface area (Å²) in [5, 5.41) is 9.05. The number of halogens is 2. The van der Waals surface area contributed by atoms with Crippen molar-refractivity contribution in [3.63, 3.8) is 0 Å². The van der Waals surface area contributed by atoms with Crippen molar-refractivity contribution in [1.82, 2.24) is 0 Å². The fourth-order valence-electron chi connectivity index (χ4n) is 1.78. The Morgan fingerprint density at radius 3 is 2.43 bits per heavy atom. The highest BCUT2D eigenvalue weighted by Crippen LogP contribution is 2.27. The van der Waals surface area contributed by atoms with E-state index in [0.717, 1.165) is 0 Å². The molecule has 0 amide bonds. The van der Waals surface area contributed by atoms with Crippen LogP contribution in [0.4, 0.5) is 0 Å². The Labute approximate surface area is 135 Å². The number of aromatic carboxylic acids is 1. The van der Waals surface area contributed by atoms with E-state index in [0.29, 0.717) is 10.0 Å². The Balaban J connectivity index is 2.38. The number of rotatable bonds is 4. The van der Waals surface area contributed by atoms with E-state index in [2.05, 4.69) is 15.9 Å². The summed E-state index contributed by atoms with van der Waals surface area (Å²) in [6.07, 6.45) is 0. The van der Waals surface area contributed by atoms with Gasteiger partial charge in [0.05, 0.1) is 21.2 Å². The molecule has 0 aliphatic heterocycles. The average Bonchev–Trinajstić information content (AvgIpc) is 2.41. The molecule has 2 aromatic rings. The Morgan fingerprint density at radius 1 is 1.19 bits per heavy atom. The van der Waals surface area contributed by atoms with Crippen molar-refractivity contribution >= 4 is 43.3 Å². The Hall–Kier alpha value is -1.37. The van der Waals surface area contributed by atoms with E-state index in [1.54, 1.807) is 12.1 Å². The molecule has 0 atom stereocenters. The van der Waals surface area contributed by atoms with Crippen LogP contribution in [0.25, 0.3) is 0 Å². The SMILES string of the molecule is O=C(O)c1ccc(CS(=O)(=O)c2ccccc2Cl)c(Br)c1. The number of carboxylic acid groups (broad SMARTS) is 1. The van der Waals surface area contributed by atoms with Gasteiger partial charge in [-0.2, -0.15) is 0 Å². The van der Waals surface area contributed by atoms with E-state index in [1.165, 1.54) is 30.3 Å². The van der Waals surface area contributed by atoms with Crippen LogP contribution >= 0.6 is 27.5 Å². The molecule has 7 heteroatoms. The smallest absolute Gasteiger partial charge is 0.335 e. The second-order valence-corrected chi connectivity index (χ2v) is 7.52. The molecule has 0 saturated carbocycles. The zero-order valence-corrected chi connectivity index (χ0v) is 13.7. The summed E-state index contributed by atoms with van der Waals surface area (Å²) < 4.78 is 25.2. The summed E-state index contributed by atoms with van der Waals surface area (Å²) in [6.45, 7) is 0. The summed E-state index contributed by atoms with van der Waals surface area (Å²) in [5.74, 6) is -1.34. The average molecular weight is 390 g/mol. The first-order valence-electron chi connectivity index (χ1n) is 5.80.